The average Bonchev–Trinajstić information content (AvgIpc) is 2.47. The van der Waals surface area contributed by atoms with Gasteiger partial charge in [0.05, 0.1) is 6.54 Å². The minimum Gasteiger partial charge on any atom is -0.399 e. The van der Waals surface area contributed by atoms with Crippen LogP contribution in [0.5, 0.6) is 0 Å². The predicted molar refractivity (Wildman–Crippen MR) is 81.0 cm³/mol. The lowest BCUT2D eigenvalue weighted by Crippen LogP contribution is -2.48. The van der Waals surface area contributed by atoms with Gasteiger partial charge in [0.25, 0.3) is 0 Å². The van der Waals surface area contributed by atoms with Crippen LogP contribution in [0.3, 0.4) is 0 Å². The summed E-state index contributed by atoms with van der Waals surface area (Å²) < 4.78 is 0. The third kappa shape index (κ3) is 3.75. The van der Waals surface area contributed by atoms with Crippen molar-refractivity contribution in [3.05, 3.63) is 29.8 Å². The first kappa shape index (κ1) is 14.4. The van der Waals surface area contributed by atoms with Crippen LogP contribution in [0.15, 0.2) is 24.3 Å². The van der Waals surface area contributed by atoms with E-state index in [0.717, 1.165) is 37.4 Å². The minimum absolute atomic E-state index is 0.202. The van der Waals surface area contributed by atoms with Crippen molar-refractivity contribution in [3.63, 3.8) is 0 Å². The smallest absolute Gasteiger partial charge is 0.222 e. The van der Waals surface area contributed by atoms with E-state index in [1.165, 1.54) is 0 Å². The number of piperazine rings is 1. The topological polar surface area (TPSA) is 49.6 Å². The Balaban J connectivity index is 1.79. The summed E-state index contributed by atoms with van der Waals surface area (Å²) in [7, 11) is 0. The van der Waals surface area contributed by atoms with Crippen molar-refractivity contribution in [1.82, 2.24) is 9.80 Å². The number of anilines is 1. The molecular weight excluding hydrogens is 250 g/mol. The Morgan fingerprint density at radius 3 is 2.60 bits per heavy atom. The Morgan fingerprint density at radius 1 is 1.25 bits per heavy atom. The van der Waals surface area contributed by atoms with Gasteiger partial charge in [0.2, 0.25) is 5.91 Å². The summed E-state index contributed by atoms with van der Waals surface area (Å²) in [5.74, 6) is 2.85. The van der Waals surface area contributed by atoms with Gasteiger partial charge in [-0.1, -0.05) is 24.1 Å². The van der Waals surface area contributed by atoms with E-state index in [2.05, 4.69) is 10.8 Å². The van der Waals surface area contributed by atoms with Gasteiger partial charge >= 0.3 is 0 Å². The fourth-order valence-corrected chi connectivity index (χ4v) is 2.45. The van der Waals surface area contributed by atoms with E-state index in [1.54, 1.807) is 0 Å². The van der Waals surface area contributed by atoms with Crippen LogP contribution in [0, 0.1) is 12.3 Å². The van der Waals surface area contributed by atoms with Crippen molar-refractivity contribution in [1.29, 1.82) is 0 Å². The van der Waals surface area contributed by atoms with Crippen LogP contribution >= 0.6 is 0 Å². The number of terminal acetylenes is 1. The van der Waals surface area contributed by atoms with Crippen LogP contribution < -0.4 is 5.73 Å². The molecule has 20 heavy (non-hydrogen) atoms. The second-order valence-electron chi connectivity index (χ2n) is 5.06. The number of carbonyl (C=O) groups is 1. The lowest BCUT2D eigenvalue weighted by atomic mass is 10.1. The van der Waals surface area contributed by atoms with Crippen molar-refractivity contribution in [2.24, 2.45) is 0 Å². The van der Waals surface area contributed by atoms with E-state index in [9.17, 15) is 4.79 Å². The summed E-state index contributed by atoms with van der Waals surface area (Å²) in [5, 5.41) is 0. The number of aryl methyl sites for hydroxylation is 1. The standard InChI is InChI=1S/C16H21N3O/c1-2-9-18-10-12-19(13-11-18)16(20)8-7-14-5-3-4-6-15(14)17/h1,3-6H,7-13,17H2. The Labute approximate surface area is 120 Å². The summed E-state index contributed by atoms with van der Waals surface area (Å²) in [4.78, 5) is 16.3. The lowest BCUT2D eigenvalue weighted by Gasteiger charge is -2.33. The second kappa shape index (κ2) is 6.97. The fraction of sp³-hybridized carbons (Fsp3) is 0.438. The molecular formula is C16H21N3O. The molecule has 2 N–H and O–H groups in total. The monoisotopic (exact) mass is 271 g/mol. The van der Waals surface area contributed by atoms with E-state index >= 15 is 0 Å². The molecule has 0 atom stereocenters. The highest BCUT2D eigenvalue weighted by molar-refractivity contribution is 5.76. The third-order valence-electron chi connectivity index (χ3n) is 3.70. The molecule has 1 aliphatic rings. The van der Waals surface area contributed by atoms with Gasteiger partial charge in [-0.3, -0.25) is 9.69 Å². The number of nitrogens with two attached hydrogens (primary N) is 1. The molecule has 0 bridgehead atoms. The molecule has 4 nitrogen and oxygen atoms in total. The van der Waals surface area contributed by atoms with Gasteiger partial charge in [-0.15, -0.1) is 6.42 Å². The quantitative estimate of drug-likeness (QED) is 0.656. The number of nitrogen functional groups attached to an aromatic ring is 1. The normalized spacial score (nSPS) is 15.8. The van der Waals surface area contributed by atoms with Gasteiger partial charge in [0, 0.05) is 38.3 Å². The molecule has 0 saturated carbocycles. The van der Waals surface area contributed by atoms with E-state index in [4.69, 9.17) is 12.2 Å². The molecule has 4 heteroatoms. The molecule has 1 aromatic carbocycles. The van der Waals surface area contributed by atoms with Crippen LogP contribution in [0.4, 0.5) is 5.69 Å². The first-order chi connectivity index (χ1) is 9.70. The molecule has 1 heterocycles. The van der Waals surface area contributed by atoms with Crippen LogP contribution in [0.1, 0.15) is 12.0 Å². The molecule has 2 rings (SSSR count). The van der Waals surface area contributed by atoms with Gasteiger partial charge in [0.1, 0.15) is 0 Å². The van der Waals surface area contributed by atoms with Crippen molar-refractivity contribution in [3.8, 4) is 12.3 Å². The number of rotatable bonds is 4. The zero-order chi connectivity index (χ0) is 14.4. The van der Waals surface area contributed by atoms with Crippen molar-refractivity contribution in [2.75, 3.05) is 38.5 Å². The summed E-state index contributed by atoms with van der Waals surface area (Å²) in [6, 6.07) is 7.71. The summed E-state index contributed by atoms with van der Waals surface area (Å²) in [6.45, 7) is 3.94. The van der Waals surface area contributed by atoms with Gasteiger partial charge in [-0.05, 0) is 18.1 Å². The third-order valence-corrected chi connectivity index (χ3v) is 3.70. The fourth-order valence-electron chi connectivity index (χ4n) is 2.45. The Morgan fingerprint density at radius 2 is 1.95 bits per heavy atom. The molecule has 106 valence electrons. The molecule has 0 aromatic heterocycles. The molecule has 0 spiro atoms. The average molecular weight is 271 g/mol. The highest BCUT2D eigenvalue weighted by atomic mass is 16.2. The van der Waals surface area contributed by atoms with Crippen LogP contribution in [-0.4, -0.2) is 48.4 Å². The van der Waals surface area contributed by atoms with E-state index in [0.29, 0.717) is 19.4 Å². The second-order valence-corrected chi connectivity index (χ2v) is 5.06. The van der Waals surface area contributed by atoms with E-state index < -0.39 is 0 Å². The summed E-state index contributed by atoms with van der Waals surface area (Å²) >= 11 is 0. The number of hydrogen-bond acceptors (Lipinski definition) is 3. The number of nitrogens with zero attached hydrogens (tertiary/aromatic N) is 2. The highest BCUT2D eigenvalue weighted by Crippen LogP contribution is 2.14. The number of para-hydroxylation sites is 1. The molecule has 0 radical (unpaired) electrons. The SMILES string of the molecule is C#CCN1CCN(C(=O)CCc2ccccc2N)CC1. The van der Waals surface area contributed by atoms with E-state index in [1.807, 2.05) is 29.2 Å². The molecule has 1 aromatic rings. The first-order valence-electron chi connectivity index (χ1n) is 6.97. The Kier molecular flexibility index (Phi) is 5.03. The molecule has 1 aliphatic heterocycles. The zero-order valence-electron chi connectivity index (χ0n) is 11.7. The first-order valence-corrected chi connectivity index (χ1v) is 6.97. The van der Waals surface area contributed by atoms with Crippen molar-refractivity contribution < 1.29 is 4.79 Å². The largest absolute Gasteiger partial charge is 0.399 e. The molecule has 1 fully saturated rings. The Bertz CT molecular complexity index is 499. The van der Waals surface area contributed by atoms with Crippen LogP contribution in [0.2, 0.25) is 0 Å². The molecule has 1 saturated heterocycles. The number of amides is 1. The van der Waals surface area contributed by atoms with E-state index in [-0.39, 0.29) is 5.91 Å². The van der Waals surface area contributed by atoms with Crippen molar-refractivity contribution >= 4 is 11.6 Å². The number of benzene rings is 1. The van der Waals surface area contributed by atoms with Crippen LogP contribution in [-0.2, 0) is 11.2 Å². The van der Waals surface area contributed by atoms with Gasteiger partial charge < -0.3 is 10.6 Å². The minimum atomic E-state index is 0.202. The molecule has 1 amide bonds. The van der Waals surface area contributed by atoms with Crippen molar-refractivity contribution in [2.45, 2.75) is 12.8 Å². The van der Waals surface area contributed by atoms with Gasteiger partial charge in [-0.25, -0.2) is 0 Å². The predicted octanol–water partition coefficient (Wildman–Crippen LogP) is 0.979. The van der Waals surface area contributed by atoms with Gasteiger partial charge in [-0.2, -0.15) is 0 Å². The number of carbonyl (C=O) groups excluding carboxylic acids is 1. The summed E-state index contributed by atoms with van der Waals surface area (Å²) in [6.07, 6.45) is 6.52. The van der Waals surface area contributed by atoms with Gasteiger partial charge in [0.15, 0.2) is 0 Å². The zero-order valence-corrected chi connectivity index (χ0v) is 11.7. The Hall–Kier alpha value is -1.99. The maximum absolute atomic E-state index is 12.2. The highest BCUT2D eigenvalue weighted by Gasteiger charge is 2.20. The summed E-state index contributed by atoms with van der Waals surface area (Å²) in [5.41, 5.74) is 7.70. The maximum atomic E-state index is 12.2. The molecule has 0 aliphatic carbocycles. The lowest BCUT2D eigenvalue weighted by molar-refractivity contribution is -0.132. The maximum Gasteiger partial charge on any atom is 0.222 e. The number of hydrogen-bond donors (Lipinski definition) is 1. The molecule has 0 unspecified atom stereocenters. The van der Waals surface area contributed by atoms with Crippen LogP contribution in [0.25, 0.3) is 0 Å².